The Bertz CT molecular complexity index is 847. The molecular formula is C23H32Cl3NO2Si2. The molecule has 0 aliphatic rings. The highest BCUT2D eigenvalue weighted by Gasteiger charge is 2.37. The lowest BCUT2D eigenvalue weighted by Crippen LogP contribution is -2.46. The highest BCUT2D eigenvalue weighted by Crippen LogP contribution is 2.46. The zero-order valence-corrected chi connectivity index (χ0v) is 23.3. The van der Waals surface area contributed by atoms with E-state index < -0.39 is 23.5 Å². The first kappa shape index (κ1) is 28.3. The maximum atomic E-state index is 6.46. The van der Waals surface area contributed by atoms with Gasteiger partial charge in [-0.05, 0) is 41.4 Å². The van der Waals surface area contributed by atoms with Crippen LogP contribution < -0.4 is 20.4 Å². The maximum Gasteiger partial charge on any atom is 0.201 e. The molecule has 2 aromatic rings. The molecule has 4 radical (unpaired) electrons. The van der Waals surface area contributed by atoms with Crippen LogP contribution in [-0.2, 0) is 0 Å². The van der Waals surface area contributed by atoms with Crippen molar-refractivity contribution in [2.24, 2.45) is 5.73 Å². The minimum atomic E-state index is -1.78. The normalized spacial score (nSPS) is 14.9. The smallest absolute Gasteiger partial charge is 0.201 e. The number of nitrogens with two attached hydrogens (primary N) is 1. The molecule has 8 heteroatoms. The van der Waals surface area contributed by atoms with Gasteiger partial charge in [0, 0.05) is 17.4 Å². The lowest BCUT2D eigenvalue weighted by molar-refractivity contribution is 0.0866. The fourth-order valence-corrected chi connectivity index (χ4v) is 5.80. The van der Waals surface area contributed by atoms with E-state index in [1.54, 1.807) is 7.11 Å². The molecule has 0 amide bonds. The third kappa shape index (κ3) is 7.69. The van der Waals surface area contributed by atoms with Gasteiger partial charge in [0.05, 0.1) is 21.1 Å². The van der Waals surface area contributed by atoms with Crippen molar-refractivity contribution in [3.05, 3.63) is 53.6 Å². The number of benzene rings is 2. The molecule has 170 valence electrons. The molecule has 2 unspecified atom stereocenters. The quantitative estimate of drug-likeness (QED) is 0.257. The van der Waals surface area contributed by atoms with Crippen LogP contribution in [0.2, 0.25) is 19.6 Å². The van der Waals surface area contributed by atoms with E-state index >= 15 is 0 Å². The Labute approximate surface area is 207 Å². The van der Waals surface area contributed by atoms with Crippen molar-refractivity contribution in [2.45, 2.75) is 61.8 Å². The zero-order chi connectivity index (χ0) is 22.7. The van der Waals surface area contributed by atoms with E-state index in [9.17, 15) is 0 Å². The molecule has 0 spiro atoms. The largest absolute Gasteiger partial charge is 0.497 e. The van der Waals surface area contributed by atoms with E-state index in [0.29, 0.717) is 0 Å². The van der Waals surface area contributed by atoms with Crippen LogP contribution in [0.3, 0.4) is 0 Å². The van der Waals surface area contributed by atoms with Gasteiger partial charge in [0.2, 0.25) is 3.79 Å². The molecule has 0 aliphatic carbocycles. The second-order valence-corrected chi connectivity index (χ2v) is 16.3. The van der Waals surface area contributed by atoms with Gasteiger partial charge in [-0.2, -0.15) is 0 Å². The number of methoxy groups -OCH3 is 1. The molecule has 0 aromatic heterocycles. The predicted octanol–water partition coefficient (Wildman–Crippen LogP) is 6.22. The fourth-order valence-electron chi connectivity index (χ4n) is 3.57. The van der Waals surface area contributed by atoms with Crippen molar-refractivity contribution < 1.29 is 9.47 Å². The van der Waals surface area contributed by atoms with Crippen molar-refractivity contribution >= 4 is 59.0 Å². The lowest BCUT2D eigenvalue weighted by Gasteiger charge is -2.32. The summed E-state index contributed by atoms with van der Waals surface area (Å²) in [7, 11) is -0.153. The summed E-state index contributed by atoms with van der Waals surface area (Å²) in [5.74, 6) is 1.14. The van der Waals surface area contributed by atoms with Gasteiger partial charge in [-0.25, -0.2) is 0 Å². The molecule has 0 saturated heterocycles. The summed E-state index contributed by atoms with van der Waals surface area (Å²) in [6.07, 6.45) is 1.71. The van der Waals surface area contributed by atoms with Crippen LogP contribution in [0.15, 0.2) is 42.5 Å². The summed E-state index contributed by atoms with van der Waals surface area (Å²) in [5, 5.41) is 1.15. The molecular weight excluding hydrogens is 485 g/mol. The Kier molecular flexibility index (Phi) is 10.0. The van der Waals surface area contributed by atoms with Crippen molar-refractivity contribution in [3.63, 3.8) is 0 Å². The molecule has 2 atom stereocenters. The lowest BCUT2D eigenvalue weighted by atomic mass is 9.92. The van der Waals surface area contributed by atoms with Crippen LogP contribution in [0.1, 0.15) is 43.7 Å². The van der Waals surface area contributed by atoms with Crippen LogP contribution in [0.25, 0.3) is 0 Å². The number of hydrogen-bond donors (Lipinski definition) is 1. The summed E-state index contributed by atoms with van der Waals surface area (Å²) in [4.78, 5) is 0. The number of alkyl halides is 3. The Hall–Kier alpha value is -0.696. The highest BCUT2D eigenvalue weighted by molar-refractivity contribution is 6.89. The molecule has 0 bridgehead atoms. The molecule has 31 heavy (non-hydrogen) atoms. The first-order valence-corrected chi connectivity index (χ1v) is 14.7. The number of halogens is 3. The van der Waals surface area contributed by atoms with E-state index in [1.165, 1.54) is 0 Å². The Morgan fingerprint density at radius 3 is 2.00 bits per heavy atom. The summed E-state index contributed by atoms with van der Waals surface area (Å²) in [6.45, 7) is 10.8. The zero-order valence-electron chi connectivity index (χ0n) is 19.1. The Morgan fingerprint density at radius 2 is 1.55 bits per heavy atom. The van der Waals surface area contributed by atoms with Gasteiger partial charge >= 0.3 is 0 Å². The molecule has 2 N–H and O–H groups in total. The first-order chi connectivity index (χ1) is 13.8. The van der Waals surface area contributed by atoms with Gasteiger partial charge in [0.25, 0.3) is 0 Å². The van der Waals surface area contributed by atoms with Crippen molar-refractivity contribution in [2.75, 3.05) is 7.11 Å². The minimum Gasteiger partial charge on any atom is -0.497 e. The summed E-state index contributed by atoms with van der Waals surface area (Å²) < 4.78 is 10.0. The van der Waals surface area contributed by atoms with E-state index in [4.69, 9.17) is 50.0 Å². The summed E-state index contributed by atoms with van der Waals surface area (Å²) >= 11 is 19.4. The van der Waals surface area contributed by atoms with Gasteiger partial charge in [0.1, 0.15) is 11.5 Å². The number of ether oxygens (including phenoxy) is 2. The van der Waals surface area contributed by atoms with E-state index in [0.717, 1.165) is 40.7 Å². The molecule has 2 aromatic carbocycles. The fraction of sp³-hybridized carbons (Fsp3) is 0.478. The van der Waals surface area contributed by atoms with E-state index in [1.807, 2.05) is 43.3 Å². The minimum absolute atomic E-state index is 0. The van der Waals surface area contributed by atoms with Crippen LogP contribution in [0, 0.1) is 0 Å². The molecule has 0 saturated carbocycles. The van der Waals surface area contributed by atoms with Gasteiger partial charge in [-0.1, -0.05) is 92.1 Å². The number of rotatable bonds is 8. The monoisotopic (exact) mass is 515 g/mol. The van der Waals surface area contributed by atoms with E-state index in [-0.39, 0.29) is 11.0 Å². The molecule has 0 heterocycles. The van der Waals surface area contributed by atoms with Crippen LogP contribution in [0.4, 0.5) is 0 Å². The average molecular weight is 517 g/mol. The average Bonchev–Trinajstić information content (AvgIpc) is 2.61. The van der Waals surface area contributed by atoms with Crippen molar-refractivity contribution in [3.8, 4) is 11.5 Å². The highest BCUT2D eigenvalue weighted by atomic mass is 35.6. The first-order valence-electron chi connectivity index (χ1n) is 10.1. The molecule has 3 nitrogen and oxygen atoms in total. The maximum absolute atomic E-state index is 6.46. The molecule has 0 fully saturated rings. The van der Waals surface area contributed by atoms with Gasteiger partial charge in [-0.15, -0.1) is 0 Å². The SMILES string of the molecule is CCCC(C)(N)Oc1ccc(C(c2ccc(OC)cc2)C(Cl)(Cl)Cl)cc1[Si](C)(C)C.[Si]. The summed E-state index contributed by atoms with van der Waals surface area (Å²) in [5.41, 5.74) is 7.48. The topological polar surface area (TPSA) is 44.5 Å². The third-order valence-corrected chi connectivity index (χ3v) is 7.67. The van der Waals surface area contributed by atoms with Crippen molar-refractivity contribution in [1.82, 2.24) is 0 Å². The Morgan fingerprint density at radius 1 is 1.00 bits per heavy atom. The van der Waals surface area contributed by atoms with Gasteiger partial charge in [0.15, 0.2) is 5.72 Å². The third-order valence-electron chi connectivity index (χ3n) is 5.01. The summed E-state index contributed by atoms with van der Waals surface area (Å²) in [6, 6.07) is 13.7. The molecule has 0 aliphatic heterocycles. The van der Waals surface area contributed by atoms with Gasteiger partial charge in [-0.3, -0.25) is 5.73 Å². The Balaban J connectivity index is 0.00000480. The number of hydrogen-bond acceptors (Lipinski definition) is 3. The standard InChI is InChI=1S/C23H32Cl3NO2Si.Si/c1-7-14-22(2,27)29-19-13-10-17(15-20(19)30(4,5)6)21(23(24,25)26)16-8-11-18(28-3)12-9-16;/h8-13,15,21H,7,14,27H2,1-6H3;. The van der Waals surface area contributed by atoms with E-state index in [2.05, 4.69) is 32.6 Å². The second-order valence-electron chi connectivity index (χ2n) is 8.92. The second kappa shape index (κ2) is 10.9. The predicted molar refractivity (Wildman–Crippen MR) is 138 cm³/mol. The molecule has 2 rings (SSSR count). The van der Waals surface area contributed by atoms with Crippen molar-refractivity contribution in [1.29, 1.82) is 0 Å². The van der Waals surface area contributed by atoms with Gasteiger partial charge < -0.3 is 9.47 Å². The van der Waals surface area contributed by atoms with Crippen LogP contribution in [-0.4, -0.2) is 35.7 Å². The van der Waals surface area contributed by atoms with Crippen LogP contribution in [0.5, 0.6) is 11.5 Å². The van der Waals surface area contributed by atoms with Crippen LogP contribution >= 0.6 is 34.8 Å².